The molecule has 0 aliphatic rings. The molecule has 108 valence electrons. The fraction of sp³-hybridized carbons (Fsp3) is 0.167. The van der Waals surface area contributed by atoms with Gasteiger partial charge in [0, 0.05) is 29.1 Å². The summed E-state index contributed by atoms with van der Waals surface area (Å²) < 4.78 is 13.4. The monoisotopic (exact) mass is 283 g/mol. The summed E-state index contributed by atoms with van der Waals surface area (Å²) in [4.78, 5) is 12.0. The van der Waals surface area contributed by atoms with Crippen LogP contribution in [0.1, 0.15) is 27.0 Å². The third-order valence-electron chi connectivity index (χ3n) is 3.53. The molecule has 2 aromatic rings. The maximum Gasteiger partial charge on any atom is 0.187 e. The maximum atomic E-state index is 13.4. The Bertz CT molecular complexity index is 704. The van der Waals surface area contributed by atoms with Gasteiger partial charge in [0.15, 0.2) is 5.78 Å². The highest BCUT2D eigenvalue weighted by molar-refractivity contribution is 6.04. The van der Waals surface area contributed by atoms with Gasteiger partial charge in [-0.05, 0) is 50.1 Å². The minimum absolute atomic E-state index is 0.0837. The molecule has 21 heavy (non-hydrogen) atoms. The van der Waals surface area contributed by atoms with Crippen LogP contribution in [0.2, 0.25) is 0 Å². The number of allylic oxidation sites excluding steroid dienone is 1. The van der Waals surface area contributed by atoms with E-state index in [2.05, 4.69) is 5.32 Å². The number of ketones is 1. The number of benzene rings is 2. The molecule has 2 aromatic carbocycles. The molecule has 0 atom stereocenters. The smallest absolute Gasteiger partial charge is 0.187 e. The molecule has 2 rings (SSSR count). The minimum Gasteiger partial charge on any atom is -0.361 e. The van der Waals surface area contributed by atoms with Gasteiger partial charge in [0.2, 0.25) is 0 Å². The molecule has 3 heteroatoms. The van der Waals surface area contributed by atoms with Gasteiger partial charge in [0.05, 0.1) is 0 Å². The van der Waals surface area contributed by atoms with Crippen LogP contribution in [0.3, 0.4) is 0 Å². The fourth-order valence-corrected chi connectivity index (χ4v) is 1.96. The molecule has 0 aliphatic heterocycles. The number of hydrogen-bond acceptors (Lipinski definition) is 2. The highest BCUT2D eigenvalue weighted by Crippen LogP contribution is 2.17. The normalized spacial score (nSPS) is 10.9. The Morgan fingerprint density at radius 3 is 2.57 bits per heavy atom. The van der Waals surface area contributed by atoms with Crippen molar-refractivity contribution < 1.29 is 9.18 Å². The van der Waals surface area contributed by atoms with E-state index in [0.717, 1.165) is 11.1 Å². The van der Waals surface area contributed by atoms with Crippen LogP contribution >= 0.6 is 0 Å². The lowest BCUT2D eigenvalue weighted by atomic mass is 10.0. The van der Waals surface area contributed by atoms with Crippen LogP contribution in [0.25, 0.3) is 0 Å². The Labute approximate surface area is 124 Å². The fourth-order valence-electron chi connectivity index (χ4n) is 1.96. The molecule has 2 nitrogen and oxygen atoms in total. The Kier molecular flexibility index (Phi) is 4.53. The second kappa shape index (κ2) is 6.35. The van der Waals surface area contributed by atoms with Crippen LogP contribution in [-0.4, -0.2) is 5.78 Å². The molecule has 0 saturated heterocycles. The van der Waals surface area contributed by atoms with Gasteiger partial charge in [-0.25, -0.2) is 4.39 Å². The third kappa shape index (κ3) is 3.57. The number of rotatable bonds is 4. The van der Waals surface area contributed by atoms with E-state index >= 15 is 0 Å². The molecular formula is C18H18FNO. The van der Waals surface area contributed by atoms with Crippen molar-refractivity contribution in [1.29, 1.82) is 0 Å². The molecule has 0 saturated carbocycles. The van der Waals surface area contributed by atoms with Crippen LogP contribution in [0.15, 0.2) is 48.7 Å². The lowest BCUT2D eigenvalue weighted by molar-refractivity contribution is 0.104. The van der Waals surface area contributed by atoms with Crippen molar-refractivity contribution in [3.8, 4) is 0 Å². The van der Waals surface area contributed by atoms with E-state index in [1.165, 1.54) is 12.1 Å². The van der Waals surface area contributed by atoms with Crippen LogP contribution in [0, 0.1) is 26.6 Å². The average Bonchev–Trinajstić information content (AvgIpc) is 2.46. The predicted molar refractivity (Wildman–Crippen MR) is 84.1 cm³/mol. The van der Waals surface area contributed by atoms with Crippen molar-refractivity contribution in [3.05, 3.63) is 76.7 Å². The number of anilines is 1. The number of halogens is 1. The van der Waals surface area contributed by atoms with Crippen molar-refractivity contribution >= 4 is 11.5 Å². The lowest BCUT2D eigenvalue weighted by Gasteiger charge is -2.06. The van der Waals surface area contributed by atoms with Gasteiger partial charge in [0.1, 0.15) is 5.82 Å². The lowest BCUT2D eigenvalue weighted by Crippen LogP contribution is -1.98. The van der Waals surface area contributed by atoms with Crippen LogP contribution in [0.5, 0.6) is 0 Å². The number of carbonyl (C=O) groups is 1. The quantitative estimate of drug-likeness (QED) is 0.658. The molecule has 0 spiro atoms. The van der Waals surface area contributed by atoms with Crippen molar-refractivity contribution in [3.63, 3.8) is 0 Å². The summed E-state index contributed by atoms with van der Waals surface area (Å²) in [5, 5.41) is 2.94. The zero-order chi connectivity index (χ0) is 15.4. The zero-order valence-electron chi connectivity index (χ0n) is 12.4. The topological polar surface area (TPSA) is 29.1 Å². The molecule has 0 amide bonds. The van der Waals surface area contributed by atoms with Crippen molar-refractivity contribution in [2.45, 2.75) is 20.8 Å². The molecule has 0 aliphatic carbocycles. The number of hydrogen-bond donors (Lipinski definition) is 1. The summed E-state index contributed by atoms with van der Waals surface area (Å²) >= 11 is 0. The Morgan fingerprint density at radius 2 is 1.86 bits per heavy atom. The van der Waals surface area contributed by atoms with Crippen LogP contribution < -0.4 is 5.32 Å². The SMILES string of the molecule is Cc1ccc(C(=O)C=CNc2cccc(F)c2C)cc1C. The molecule has 0 bridgehead atoms. The van der Waals surface area contributed by atoms with Crippen LogP contribution in [-0.2, 0) is 0 Å². The molecule has 0 fully saturated rings. The molecule has 0 radical (unpaired) electrons. The number of nitrogens with one attached hydrogen (secondary N) is 1. The first-order valence-electron chi connectivity index (χ1n) is 6.79. The third-order valence-corrected chi connectivity index (χ3v) is 3.53. The summed E-state index contributed by atoms with van der Waals surface area (Å²) in [5.74, 6) is -0.353. The summed E-state index contributed by atoms with van der Waals surface area (Å²) in [6.07, 6.45) is 2.99. The Morgan fingerprint density at radius 1 is 1.10 bits per heavy atom. The molecule has 0 heterocycles. The largest absolute Gasteiger partial charge is 0.361 e. The van der Waals surface area contributed by atoms with E-state index in [0.29, 0.717) is 16.8 Å². The van der Waals surface area contributed by atoms with E-state index in [-0.39, 0.29) is 11.6 Å². The van der Waals surface area contributed by atoms with Gasteiger partial charge < -0.3 is 5.32 Å². The highest BCUT2D eigenvalue weighted by Gasteiger charge is 2.04. The summed E-state index contributed by atoms with van der Waals surface area (Å²) in [7, 11) is 0. The molecular weight excluding hydrogens is 265 g/mol. The Hall–Kier alpha value is -2.42. The van der Waals surface area contributed by atoms with Crippen molar-refractivity contribution in [1.82, 2.24) is 0 Å². The second-order valence-corrected chi connectivity index (χ2v) is 5.05. The van der Waals surface area contributed by atoms with Gasteiger partial charge in [-0.1, -0.05) is 18.2 Å². The number of carbonyl (C=O) groups excluding carboxylic acids is 1. The summed E-state index contributed by atoms with van der Waals surface area (Å²) in [6, 6.07) is 10.4. The van der Waals surface area contributed by atoms with Crippen LogP contribution in [0.4, 0.5) is 10.1 Å². The van der Waals surface area contributed by atoms with E-state index in [1.54, 1.807) is 25.3 Å². The zero-order valence-corrected chi connectivity index (χ0v) is 12.4. The first-order valence-corrected chi connectivity index (χ1v) is 6.79. The standard InChI is InChI=1S/C18H18FNO/c1-12-7-8-15(11-13(12)2)18(21)9-10-20-17-6-4-5-16(19)14(17)3/h4-11,20H,1-3H3. The van der Waals surface area contributed by atoms with Gasteiger partial charge in [-0.2, -0.15) is 0 Å². The average molecular weight is 283 g/mol. The van der Waals surface area contributed by atoms with Gasteiger partial charge >= 0.3 is 0 Å². The first-order chi connectivity index (χ1) is 9.99. The first kappa shape index (κ1) is 15.0. The van der Waals surface area contributed by atoms with Crippen molar-refractivity contribution in [2.24, 2.45) is 0 Å². The highest BCUT2D eigenvalue weighted by atomic mass is 19.1. The number of aryl methyl sites for hydroxylation is 2. The van der Waals surface area contributed by atoms with E-state index < -0.39 is 0 Å². The van der Waals surface area contributed by atoms with Crippen molar-refractivity contribution in [2.75, 3.05) is 5.32 Å². The minimum atomic E-state index is -0.270. The van der Waals surface area contributed by atoms with E-state index in [1.807, 2.05) is 32.0 Å². The molecule has 0 aromatic heterocycles. The summed E-state index contributed by atoms with van der Waals surface area (Å²) in [5.41, 5.74) is 4.07. The Balaban J connectivity index is 2.09. The van der Waals surface area contributed by atoms with Gasteiger partial charge in [-0.15, -0.1) is 0 Å². The summed E-state index contributed by atoms with van der Waals surface area (Å²) in [6.45, 7) is 5.68. The predicted octanol–water partition coefficient (Wildman–Crippen LogP) is 4.56. The second-order valence-electron chi connectivity index (χ2n) is 5.05. The van der Waals surface area contributed by atoms with Gasteiger partial charge in [0.25, 0.3) is 0 Å². The van der Waals surface area contributed by atoms with E-state index in [9.17, 15) is 9.18 Å². The molecule has 0 unspecified atom stereocenters. The maximum absolute atomic E-state index is 13.4. The van der Waals surface area contributed by atoms with E-state index in [4.69, 9.17) is 0 Å². The van der Waals surface area contributed by atoms with Gasteiger partial charge in [-0.3, -0.25) is 4.79 Å². The molecule has 1 N–H and O–H groups in total.